The molecule has 0 radical (unpaired) electrons. The zero-order chi connectivity index (χ0) is 16.9. The van der Waals surface area contributed by atoms with Gasteiger partial charge in [-0.2, -0.15) is 0 Å². The van der Waals surface area contributed by atoms with Crippen molar-refractivity contribution in [3.05, 3.63) is 54.1 Å². The van der Waals surface area contributed by atoms with E-state index in [2.05, 4.69) is 5.32 Å². The van der Waals surface area contributed by atoms with Crippen molar-refractivity contribution in [1.82, 2.24) is 0 Å². The first-order valence-electron chi connectivity index (χ1n) is 8.02. The van der Waals surface area contributed by atoms with Crippen LogP contribution in [0.2, 0.25) is 0 Å². The minimum atomic E-state index is -0.0340. The molecule has 0 atom stereocenters. The molecule has 2 aromatic carbocycles. The Balaban J connectivity index is 1.55. The molecule has 2 aromatic rings. The molecule has 0 aliphatic carbocycles. The number of rotatable bonds is 5. The Hall–Kier alpha value is -2.27. The summed E-state index contributed by atoms with van der Waals surface area (Å²) in [4.78, 5) is 26.7. The predicted octanol–water partition coefficient (Wildman–Crippen LogP) is 3.85. The van der Waals surface area contributed by atoms with Gasteiger partial charge in [-0.3, -0.25) is 9.59 Å². The maximum atomic E-state index is 12.1. The first kappa shape index (κ1) is 16.6. The number of aryl methyl sites for hydroxylation is 1. The van der Waals surface area contributed by atoms with E-state index in [4.69, 9.17) is 0 Å². The minimum absolute atomic E-state index is 0.0340. The van der Waals surface area contributed by atoms with Gasteiger partial charge in [0.2, 0.25) is 11.8 Å². The zero-order valence-electron chi connectivity index (χ0n) is 13.6. The molecule has 0 saturated carbocycles. The lowest BCUT2D eigenvalue weighted by molar-refractivity contribution is -0.117. The molecule has 24 heavy (non-hydrogen) atoms. The molecule has 124 valence electrons. The third-order valence-electron chi connectivity index (χ3n) is 3.99. The second kappa shape index (κ2) is 7.53. The molecule has 5 heteroatoms. The summed E-state index contributed by atoms with van der Waals surface area (Å²) in [6, 6.07) is 15.5. The summed E-state index contributed by atoms with van der Waals surface area (Å²) < 4.78 is 0. The number of carbonyl (C=O) groups is 2. The summed E-state index contributed by atoms with van der Waals surface area (Å²) in [5.74, 6) is 0.506. The Labute approximate surface area is 146 Å². The van der Waals surface area contributed by atoms with Crippen molar-refractivity contribution >= 4 is 35.0 Å². The fourth-order valence-electron chi connectivity index (χ4n) is 2.70. The van der Waals surface area contributed by atoms with Crippen molar-refractivity contribution in [2.24, 2.45) is 0 Å². The van der Waals surface area contributed by atoms with E-state index < -0.39 is 0 Å². The highest BCUT2D eigenvalue weighted by Crippen LogP contribution is 2.24. The number of carbonyl (C=O) groups excluding carboxylic acids is 2. The summed E-state index contributed by atoms with van der Waals surface area (Å²) in [7, 11) is 0. The van der Waals surface area contributed by atoms with Crippen LogP contribution in [0.15, 0.2) is 53.4 Å². The lowest BCUT2D eigenvalue weighted by atomic mass is 10.2. The number of amides is 2. The highest BCUT2D eigenvalue weighted by molar-refractivity contribution is 8.00. The molecule has 0 aromatic heterocycles. The molecular weight excluding hydrogens is 320 g/mol. The summed E-state index contributed by atoms with van der Waals surface area (Å²) in [5, 5.41) is 2.90. The number of hydrogen-bond donors (Lipinski definition) is 1. The zero-order valence-corrected chi connectivity index (χ0v) is 14.4. The molecule has 1 aliphatic heterocycles. The van der Waals surface area contributed by atoms with Gasteiger partial charge in [0.25, 0.3) is 0 Å². The summed E-state index contributed by atoms with van der Waals surface area (Å²) in [6.45, 7) is 2.82. The van der Waals surface area contributed by atoms with Gasteiger partial charge in [-0.05, 0) is 49.2 Å². The molecule has 1 heterocycles. The van der Waals surface area contributed by atoms with Gasteiger partial charge in [0, 0.05) is 29.2 Å². The third-order valence-corrected chi connectivity index (χ3v) is 5.16. The van der Waals surface area contributed by atoms with E-state index in [-0.39, 0.29) is 11.8 Å². The number of nitrogens with one attached hydrogen (secondary N) is 1. The molecule has 0 bridgehead atoms. The largest absolute Gasteiger partial charge is 0.325 e. The van der Waals surface area contributed by atoms with E-state index in [1.54, 1.807) is 4.90 Å². The molecule has 0 unspecified atom stereocenters. The van der Waals surface area contributed by atoms with Crippen LogP contribution >= 0.6 is 11.8 Å². The van der Waals surface area contributed by atoms with Gasteiger partial charge in [-0.15, -0.1) is 11.8 Å². The van der Waals surface area contributed by atoms with Crippen molar-refractivity contribution in [2.75, 3.05) is 22.5 Å². The Bertz CT molecular complexity index is 743. The van der Waals surface area contributed by atoms with E-state index in [1.165, 1.54) is 17.3 Å². The number of benzene rings is 2. The molecule has 1 aliphatic rings. The molecule has 1 fully saturated rings. The molecule has 4 nitrogen and oxygen atoms in total. The highest BCUT2D eigenvalue weighted by Gasteiger charge is 2.21. The van der Waals surface area contributed by atoms with Crippen LogP contribution in [0.25, 0.3) is 0 Å². The van der Waals surface area contributed by atoms with Crippen LogP contribution in [0.1, 0.15) is 18.4 Å². The average Bonchev–Trinajstić information content (AvgIpc) is 3.01. The van der Waals surface area contributed by atoms with Gasteiger partial charge in [0.1, 0.15) is 0 Å². The normalized spacial score (nSPS) is 14.0. The molecule has 3 rings (SSSR count). The topological polar surface area (TPSA) is 49.4 Å². The Morgan fingerprint density at radius 2 is 1.92 bits per heavy atom. The van der Waals surface area contributed by atoms with Crippen LogP contribution in [0.3, 0.4) is 0 Å². The second-order valence-electron chi connectivity index (χ2n) is 5.80. The van der Waals surface area contributed by atoms with Gasteiger partial charge in [-0.25, -0.2) is 0 Å². The lowest BCUT2D eigenvalue weighted by Crippen LogP contribution is -2.23. The van der Waals surface area contributed by atoms with Gasteiger partial charge in [0.05, 0.1) is 5.75 Å². The predicted molar refractivity (Wildman–Crippen MR) is 98.6 cm³/mol. The number of hydrogen-bond acceptors (Lipinski definition) is 3. The van der Waals surface area contributed by atoms with Crippen LogP contribution in [0.5, 0.6) is 0 Å². The number of nitrogens with zero attached hydrogens (tertiary/aromatic N) is 1. The molecule has 1 N–H and O–H groups in total. The molecular formula is C19H20N2O2S. The number of thioether (sulfide) groups is 1. The van der Waals surface area contributed by atoms with E-state index in [0.29, 0.717) is 12.2 Å². The third kappa shape index (κ3) is 3.97. The van der Waals surface area contributed by atoms with Crippen molar-refractivity contribution in [2.45, 2.75) is 24.7 Å². The van der Waals surface area contributed by atoms with Gasteiger partial charge in [-0.1, -0.05) is 18.2 Å². The second-order valence-corrected chi connectivity index (χ2v) is 6.82. The summed E-state index contributed by atoms with van der Waals surface area (Å²) in [5.41, 5.74) is 2.82. The fraction of sp³-hybridized carbons (Fsp3) is 0.263. The first-order chi connectivity index (χ1) is 11.6. The van der Waals surface area contributed by atoms with Crippen LogP contribution in [-0.4, -0.2) is 24.1 Å². The highest BCUT2D eigenvalue weighted by atomic mass is 32.2. The molecule has 2 amide bonds. The Morgan fingerprint density at radius 3 is 2.58 bits per heavy atom. The van der Waals surface area contributed by atoms with E-state index in [1.807, 2.05) is 55.5 Å². The smallest absolute Gasteiger partial charge is 0.234 e. The fourth-order valence-corrected chi connectivity index (χ4v) is 3.53. The van der Waals surface area contributed by atoms with Gasteiger partial charge >= 0.3 is 0 Å². The van der Waals surface area contributed by atoms with Crippen molar-refractivity contribution in [3.8, 4) is 0 Å². The Morgan fingerprint density at radius 1 is 1.17 bits per heavy atom. The van der Waals surface area contributed by atoms with E-state index in [0.717, 1.165) is 29.2 Å². The van der Waals surface area contributed by atoms with Crippen molar-refractivity contribution in [1.29, 1.82) is 0 Å². The summed E-state index contributed by atoms with van der Waals surface area (Å²) in [6.07, 6.45) is 1.53. The van der Waals surface area contributed by atoms with Crippen LogP contribution in [0, 0.1) is 6.92 Å². The maximum absolute atomic E-state index is 12.1. The monoisotopic (exact) mass is 340 g/mol. The van der Waals surface area contributed by atoms with Crippen LogP contribution in [0.4, 0.5) is 11.4 Å². The Kier molecular flexibility index (Phi) is 5.20. The SMILES string of the molecule is Cc1ccccc1SCC(=O)Nc1ccc(N2CCCC2=O)cc1. The van der Waals surface area contributed by atoms with Crippen molar-refractivity contribution < 1.29 is 9.59 Å². The van der Waals surface area contributed by atoms with E-state index in [9.17, 15) is 9.59 Å². The van der Waals surface area contributed by atoms with Crippen molar-refractivity contribution in [3.63, 3.8) is 0 Å². The van der Waals surface area contributed by atoms with Crippen LogP contribution < -0.4 is 10.2 Å². The quantitative estimate of drug-likeness (QED) is 0.841. The maximum Gasteiger partial charge on any atom is 0.234 e. The minimum Gasteiger partial charge on any atom is -0.325 e. The lowest BCUT2D eigenvalue weighted by Gasteiger charge is -2.16. The standard InChI is InChI=1S/C19H20N2O2S/c1-14-5-2-3-6-17(14)24-13-18(22)20-15-8-10-16(11-9-15)21-12-4-7-19(21)23/h2-3,5-6,8-11H,4,7,12-13H2,1H3,(H,20,22). The van der Waals surface area contributed by atoms with E-state index >= 15 is 0 Å². The van der Waals surface area contributed by atoms with Crippen LogP contribution in [-0.2, 0) is 9.59 Å². The average molecular weight is 340 g/mol. The summed E-state index contributed by atoms with van der Waals surface area (Å²) >= 11 is 1.53. The molecule has 0 spiro atoms. The number of anilines is 2. The molecule has 1 saturated heterocycles. The van der Waals surface area contributed by atoms with Gasteiger partial charge < -0.3 is 10.2 Å². The van der Waals surface area contributed by atoms with Gasteiger partial charge in [0.15, 0.2) is 0 Å². The first-order valence-corrected chi connectivity index (χ1v) is 9.01.